The predicted molar refractivity (Wildman–Crippen MR) is 142 cm³/mol. The average Bonchev–Trinajstić information content (AvgIpc) is 3.53. The van der Waals surface area contributed by atoms with E-state index in [2.05, 4.69) is 59.6 Å². The maximum Gasteiger partial charge on any atom is 0.281 e. The highest BCUT2D eigenvalue weighted by atomic mass is 32.2. The molecule has 4 rings (SSSR count). The van der Waals surface area contributed by atoms with Crippen molar-refractivity contribution in [1.29, 1.82) is 0 Å². The summed E-state index contributed by atoms with van der Waals surface area (Å²) < 4.78 is 42.4. The quantitative estimate of drug-likeness (QED) is 0.384. The van der Waals surface area contributed by atoms with Crippen LogP contribution in [0.3, 0.4) is 0 Å². The van der Waals surface area contributed by atoms with Crippen LogP contribution in [-0.4, -0.2) is 64.7 Å². The van der Waals surface area contributed by atoms with Crippen molar-refractivity contribution in [3.05, 3.63) is 29.0 Å². The number of thiophene rings is 1. The van der Waals surface area contributed by atoms with Crippen molar-refractivity contribution in [2.24, 2.45) is 5.41 Å². The van der Waals surface area contributed by atoms with Gasteiger partial charge >= 0.3 is 0 Å². The molecule has 0 aliphatic carbocycles. The number of furan rings is 1. The van der Waals surface area contributed by atoms with Crippen LogP contribution in [0.4, 0.5) is 17.3 Å². The lowest BCUT2D eigenvalue weighted by Gasteiger charge is -2.31. The maximum absolute atomic E-state index is 13.1. The lowest BCUT2D eigenvalue weighted by atomic mass is 9.85. The summed E-state index contributed by atoms with van der Waals surface area (Å²) in [6, 6.07) is 2.02. The molecule has 4 heterocycles. The second kappa shape index (κ2) is 10.4. The Morgan fingerprint density at radius 1 is 1.19 bits per heavy atom. The fraction of sp³-hybridized carbons (Fsp3) is 0.565. The van der Waals surface area contributed by atoms with E-state index in [0.717, 1.165) is 34.4 Å². The molecule has 0 spiro atoms. The van der Waals surface area contributed by atoms with Crippen LogP contribution in [0.15, 0.2) is 26.3 Å². The number of rotatable bonds is 8. The number of aromatic hydroxyl groups is 1. The van der Waals surface area contributed by atoms with Gasteiger partial charge in [-0.25, -0.2) is 8.42 Å². The van der Waals surface area contributed by atoms with E-state index in [9.17, 15) is 13.5 Å². The highest BCUT2D eigenvalue weighted by Crippen LogP contribution is 2.41. The molecular formula is C23H35N6O4S3+. The summed E-state index contributed by atoms with van der Waals surface area (Å²) >= 11 is 2.05. The molecule has 4 N–H and O–H groups in total. The Morgan fingerprint density at radius 3 is 2.50 bits per heavy atom. The van der Waals surface area contributed by atoms with E-state index in [-0.39, 0.29) is 21.4 Å². The Bertz CT molecular complexity index is 1280. The van der Waals surface area contributed by atoms with Gasteiger partial charge in [0.2, 0.25) is 5.82 Å². The molecule has 36 heavy (non-hydrogen) atoms. The number of likely N-dealkylation sites (N-methyl/N-ethyl adjacent to an activating group) is 1. The summed E-state index contributed by atoms with van der Waals surface area (Å²) in [5.41, 5.74) is 1.28. The van der Waals surface area contributed by atoms with Gasteiger partial charge in [0.1, 0.15) is 0 Å². The molecule has 198 valence electrons. The molecule has 0 amide bonds. The second-order valence-electron chi connectivity index (χ2n) is 10.6. The number of hydrogen-bond acceptors (Lipinski definition) is 10. The van der Waals surface area contributed by atoms with Crippen LogP contribution in [0.1, 0.15) is 57.9 Å². The van der Waals surface area contributed by atoms with Crippen LogP contribution in [-0.2, 0) is 10.0 Å². The van der Waals surface area contributed by atoms with Crippen LogP contribution in [0.25, 0.3) is 0 Å². The zero-order valence-corrected chi connectivity index (χ0v) is 23.9. The zero-order valence-electron chi connectivity index (χ0n) is 21.5. The summed E-state index contributed by atoms with van der Waals surface area (Å²) in [4.78, 5) is 2.08. The standard InChI is InChI=1S/C23H34N6O4S3/c1-14(2)15-11-17(33-12-15)19(23(3,4)5)25-21-20(26-35-27-21)24-16-13-34-22(18(16)30)36(31,32)29-9-7-28(6)8-10-29/h11-14,19,30H,7-10H2,1-6H3,(H,24,26)(H,25,27)/p+1. The van der Waals surface area contributed by atoms with Crippen molar-refractivity contribution in [2.75, 3.05) is 38.5 Å². The van der Waals surface area contributed by atoms with Gasteiger partial charge in [-0.2, -0.15) is 4.31 Å². The third-order valence-corrected chi connectivity index (χ3v) is 10.3. The highest BCUT2D eigenvalue weighted by Gasteiger charge is 2.36. The van der Waals surface area contributed by atoms with E-state index in [1.807, 2.05) is 12.4 Å². The smallest absolute Gasteiger partial charge is 0.281 e. The normalized spacial score (nSPS) is 17.1. The topological polar surface area (TPSA) is 128 Å². The van der Waals surface area contributed by atoms with Crippen LogP contribution in [0.5, 0.6) is 5.75 Å². The van der Waals surface area contributed by atoms with E-state index in [1.165, 1.54) is 4.31 Å². The van der Waals surface area contributed by atoms with Gasteiger partial charge in [0.25, 0.3) is 15.8 Å². The van der Waals surface area contributed by atoms with Crippen molar-refractivity contribution in [3.63, 3.8) is 0 Å². The van der Waals surface area contributed by atoms with Crippen LogP contribution in [0, 0.1) is 5.41 Å². The number of hydrogen-bond donors (Lipinski definition) is 3. The molecule has 10 nitrogen and oxygen atoms in total. The molecule has 1 atom stereocenters. The molecule has 0 aromatic carbocycles. The third-order valence-electron chi connectivity index (χ3n) is 6.41. The van der Waals surface area contributed by atoms with E-state index in [0.29, 0.717) is 49.4 Å². The Labute approximate surface area is 220 Å². The van der Waals surface area contributed by atoms with Gasteiger partial charge in [-0.3, -0.25) is 5.32 Å². The number of piperazine rings is 1. The number of quaternary nitrogens is 1. The fourth-order valence-corrected chi connectivity index (χ4v) is 7.32. The molecule has 0 saturated carbocycles. The summed E-state index contributed by atoms with van der Waals surface area (Å²) in [5.74, 6) is 2.00. The van der Waals surface area contributed by atoms with E-state index in [1.54, 1.807) is 11.6 Å². The molecule has 1 aliphatic rings. The number of nitrogens with zero attached hydrogens (tertiary/aromatic N) is 4. The molecule has 3 aromatic rings. The van der Waals surface area contributed by atoms with Gasteiger partial charge in [0, 0.05) is 37.0 Å². The average molecular weight is 556 g/mol. The Balaban J connectivity index is 1.55. The van der Waals surface area contributed by atoms with Crippen molar-refractivity contribution in [1.82, 2.24) is 18.0 Å². The molecule has 0 radical (unpaired) electrons. The first-order valence-electron chi connectivity index (χ1n) is 11.9. The summed E-state index contributed by atoms with van der Waals surface area (Å²) in [6.45, 7) is 12.8. The maximum atomic E-state index is 13.1. The number of nitrogens with one attached hydrogen (secondary N) is 1. The molecule has 0 bridgehead atoms. The molecular weight excluding hydrogens is 520 g/mol. The minimum Gasteiger partial charge on any atom is -0.504 e. The Kier molecular flexibility index (Phi) is 7.79. The molecule has 1 saturated heterocycles. The van der Waals surface area contributed by atoms with Gasteiger partial charge in [-0.15, -0.1) is 20.1 Å². The fourth-order valence-electron chi connectivity index (χ4n) is 4.02. The number of anilines is 2. The van der Waals surface area contributed by atoms with E-state index >= 15 is 0 Å². The van der Waals surface area contributed by atoms with Crippen LogP contribution >= 0.6 is 23.1 Å². The first-order valence-corrected chi connectivity index (χ1v) is 14.9. The highest BCUT2D eigenvalue weighted by molar-refractivity contribution is 7.91. The SMILES string of the molecule is CC(C)c1coc(C([NH2+]c2nsnc2Nc2csc(S(=O)(=O)N3CCN(C)CC3)c2O)C(C)(C)C)c1. The van der Waals surface area contributed by atoms with Gasteiger partial charge in [0.15, 0.2) is 21.8 Å². The zero-order chi connectivity index (χ0) is 26.3. The lowest BCUT2D eigenvalue weighted by molar-refractivity contribution is -0.637. The Morgan fingerprint density at radius 2 is 1.89 bits per heavy atom. The first-order chi connectivity index (χ1) is 16.9. The van der Waals surface area contributed by atoms with Gasteiger partial charge < -0.3 is 19.7 Å². The van der Waals surface area contributed by atoms with Gasteiger partial charge in [0.05, 0.1) is 23.7 Å². The van der Waals surface area contributed by atoms with Crippen molar-refractivity contribution < 1.29 is 23.3 Å². The number of nitrogens with two attached hydrogens (primary N) is 1. The van der Waals surface area contributed by atoms with Crippen molar-refractivity contribution >= 4 is 50.4 Å². The first kappa shape index (κ1) is 27.0. The molecule has 13 heteroatoms. The van der Waals surface area contributed by atoms with Gasteiger partial charge in [-0.05, 0) is 24.6 Å². The number of aromatic nitrogens is 2. The molecule has 1 unspecified atom stereocenters. The number of sulfonamides is 1. The predicted octanol–water partition coefficient (Wildman–Crippen LogP) is 3.68. The minimum atomic E-state index is -3.78. The van der Waals surface area contributed by atoms with Crippen LogP contribution in [0.2, 0.25) is 0 Å². The summed E-state index contributed by atoms with van der Waals surface area (Å²) in [6.07, 6.45) is 1.80. The summed E-state index contributed by atoms with van der Waals surface area (Å²) in [5, 5.41) is 17.6. The van der Waals surface area contributed by atoms with Crippen LogP contribution < -0.4 is 10.6 Å². The van der Waals surface area contributed by atoms with Gasteiger partial charge in [-0.1, -0.05) is 34.6 Å². The van der Waals surface area contributed by atoms with Crippen molar-refractivity contribution in [3.8, 4) is 5.75 Å². The molecule has 3 aromatic heterocycles. The lowest BCUT2D eigenvalue weighted by Crippen LogP contribution is -2.82. The monoisotopic (exact) mass is 555 g/mol. The van der Waals surface area contributed by atoms with E-state index < -0.39 is 10.0 Å². The largest absolute Gasteiger partial charge is 0.504 e. The molecule has 1 aliphatic heterocycles. The third kappa shape index (κ3) is 5.60. The van der Waals surface area contributed by atoms with Crippen molar-refractivity contribution in [2.45, 2.75) is 50.8 Å². The Hall–Kier alpha value is -2.03. The van der Waals surface area contributed by atoms with E-state index in [4.69, 9.17) is 4.42 Å². The second-order valence-corrected chi connectivity index (χ2v) is 14.1. The summed E-state index contributed by atoms with van der Waals surface area (Å²) in [7, 11) is -1.82. The molecule has 1 fully saturated rings. The minimum absolute atomic E-state index is 0.0624.